The lowest BCUT2D eigenvalue weighted by molar-refractivity contribution is -0.135. The third-order valence-electron chi connectivity index (χ3n) is 1.75. The smallest absolute Gasteiger partial charge is 0.260 e. The minimum atomic E-state index is -0.374. The number of carbonyl (C=O) groups excluding carboxylic acids is 1. The zero-order valence-corrected chi connectivity index (χ0v) is 6.67. The fourth-order valence-electron chi connectivity index (χ4n) is 0.881. The van der Waals surface area contributed by atoms with Crippen molar-refractivity contribution in [2.45, 2.75) is 25.8 Å². The number of rotatable bonds is 4. The molecule has 0 aliphatic heterocycles. The zero-order valence-electron chi connectivity index (χ0n) is 6.67. The molecule has 0 heterocycles. The molecule has 0 bridgehead atoms. The van der Waals surface area contributed by atoms with E-state index in [0.29, 0.717) is 12.5 Å². The number of nitrogens with two attached hydrogens (primary N) is 1. The Morgan fingerprint density at radius 1 is 1.82 bits per heavy atom. The summed E-state index contributed by atoms with van der Waals surface area (Å²) in [5, 5.41) is 0. The predicted octanol–water partition coefficient (Wildman–Crippen LogP) is -0.209. The van der Waals surface area contributed by atoms with Crippen LogP contribution in [0, 0.1) is 5.92 Å². The molecule has 0 saturated heterocycles. The van der Waals surface area contributed by atoms with Gasteiger partial charge in [0.25, 0.3) is 5.91 Å². The predicted molar refractivity (Wildman–Crippen MR) is 40.5 cm³/mol. The van der Waals surface area contributed by atoms with Crippen LogP contribution in [0.2, 0.25) is 0 Å². The van der Waals surface area contributed by atoms with Crippen molar-refractivity contribution < 1.29 is 9.63 Å². The Morgan fingerprint density at radius 3 is 2.91 bits per heavy atom. The van der Waals surface area contributed by atoms with Gasteiger partial charge < -0.3 is 5.73 Å². The SMILES string of the molecule is CCONC(=O)C(N)C1CC1. The lowest BCUT2D eigenvalue weighted by atomic mass is 10.2. The molecular formula is C7H14N2O2. The monoisotopic (exact) mass is 158 g/mol. The van der Waals surface area contributed by atoms with Crippen LogP contribution in [-0.2, 0) is 9.63 Å². The number of hydroxylamine groups is 1. The van der Waals surface area contributed by atoms with Gasteiger partial charge in [-0.05, 0) is 25.7 Å². The molecule has 0 aromatic rings. The van der Waals surface area contributed by atoms with Gasteiger partial charge in [0.05, 0.1) is 12.6 Å². The van der Waals surface area contributed by atoms with Crippen LogP contribution in [0.1, 0.15) is 19.8 Å². The molecule has 1 rings (SSSR count). The Bertz CT molecular complexity index is 145. The molecule has 0 aromatic heterocycles. The van der Waals surface area contributed by atoms with E-state index in [9.17, 15) is 4.79 Å². The average molecular weight is 158 g/mol. The lowest BCUT2D eigenvalue weighted by Crippen LogP contribution is -2.41. The van der Waals surface area contributed by atoms with E-state index in [1.807, 2.05) is 6.92 Å². The second-order valence-corrected chi connectivity index (χ2v) is 2.76. The maximum atomic E-state index is 11.0. The van der Waals surface area contributed by atoms with E-state index < -0.39 is 0 Å². The largest absolute Gasteiger partial charge is 0.320 e. The standard InChI is InChI=1S/C7H14N2O2/c1-2-11-9-7(10)6(8)5-3-4-5/h5-6H,2-4,8H2,1H3,(H,9,10). The van der Waals surface area contributed by atoms with Crippen LogP contribution in [-0.4, -0.2) is 18.6 Å². The van der Waals surface area contributed by atoms with Crippen LogP contribution in [0.3, 0.4) is 0 Å². The molecule has 1 fully saturated rings. The molecule has 1 amide bonds. The molecule has 1 aliphatic carbocycles. The molecule has 64 valence electrons. The topological polar surface area (TPSA) is 64.3 Å². The summed E-state index contributed by atoms with van der Waals surface area (Å²) < 4.78 is 0. The van der Waals surface area contributed by atoms with Gasteiger partial charge in [-0.2, -0.15) is 0 Å². The van der Waals surface area contributed by atoms with E-state index >= 15 is 0 Å². The second kappa shape index (κ2) is 3.69. The van der Waals surface area contributed by atoms with E-state index in [4.69, 9.17) is 10.6 Å². The summed E-state index contributed by atoms with van der Waals surface area (Å²) >= 11 is 0. The van der Waals surface area contributed by atoms with Gasteiger partial charge >= 0.3 is 0 Å². The first-order valence-electron chi connectivity index (χ1n) is 3.93. The van der Waals surface area contributed by atoms with Gasteiger partial charge in [-0.15, -0.1) is 0 Å². The van der Waals surface area contributed by atoms with Gasteiger partial charge in [0.2, 0.25) is 0 Å². The molecular weight excluding hydrogens is 144 g/mol. The summed E-state index contributed by atoms with van der Waals surface area (Å²) in [5.41, 5.74) is 7.86. The molecule has 0 radical (unpaired) electrons. The molecule has 0 spiro atoms. The van der Waals surface area contributed by atoms with Gasteiger partial charge in [0, 0.05) is 0 Å². The number of hydrogen-bond donors (Lipinski definition) is 2. The van der Waals surface area contributed by atoms with Crippen LogP contribution in [0.5, 0.6) is 0 Å². The molecule has 4 heteroatoms. The highest BCUT2D eigenvalue weighted by Crippen LogP contribution is 2.31. The van der Waals surface area contributed by atoms with E-state index in [1.54, 1.807) is 0 Å². The summed E-state index contributed by atoms with van der Waals surface area (Å²) in [5.74, 6) is 0.185. The van der Waals surface area contributed by atoms with Gasteiger partial charge in [-0.25, -0.2) is 5.48 Å². The quantitative estimate of drug-likeness (QED) is 0.556. The van der Waals surface area contributed by atoms with E-state index in [1.165, 1.54) is 0 Å². The van der Waals surface area contributed by atoms with Crippen molar-refractivity contribution in [2.75, 3.05) is 6.61 Å². The zero-order chi connectivity index (χ0) is 8.27. The molecule has 1 aliphatic rings. The van der Waals surface area contributed by atoms with Crippen LogP contribution < -0.4 is 11.2 Å². The fraction of sp³-hybridized carbons (Fsp3) is 0.857. The first-order valence-corrected chi connectivity index (χ1v) is 3.93. The maximum Gasteiger partial charge on any atom is 0.260 e. The van der Waals surface area contributed by atoms with Crippen LogP contribution in [0.4, 0.5) is 0 Å². The van der Waals surface area contributed by atoms with Crippen molar-refractivity contribution >= 4 is 5.91 Å². The number of amides is 1. The summed E-state index contributed by atoms with van der Waals surface area (Å²) in [6.45, 7) is 2.28. The van der Waals surface area contributed by atoms with Gasteiger partial charge in [0.15, 0.2) is 0 Å². The minimum Gasteiger partial charge on any atom is -0.320 e. The van der Waals surface area contributed by atoms with Crippen molar-refractivity contribution in [3.63, 3.8) is 0 Å². The average Bonchev–Trinajstić information content (AvgIpc) is 2.81. The molecule has 1 saturated carbocycles. The third-order valence-corrected chi connectivity index (χ3v) is 1.75. The number of carbonyl (C=O) groups is 1. The molecule has 1 atom stereocenters. The van der Waals surface area contributed by atoms with Gasteiger partial charge in [-0.3, -0.25) is 9.63 Å². The van der Waals surface area contributed by atoms with E-state index in [0.717, 1.165) is 12.8 Å². The summed E-state index contributed by atoms with van der Waals surface area (Å²) in [7, 11) is 0. The van der Waals surface area contributed by atoms with Crippen LogP contribution >= 0.6 is 0 Å². The van der Waals surface area contributed by atoms with Crippen LogP contribution in [0.25, 0.3) is 0 Å². The maximum absolute atomic E-state index is 11.0. The van der Waals surface area contributed by atoms with Crippen molar-refractivity contribution in [3.8, 4) is 0 Å². The Kier molecular flexibility index (Phi) is 2.84. The molecule has 11 heavy (non-hydrogen) atoms. The molecule has 1 unspecified atom stereocenters. The Labute approximate surface area is 66.0 Å². The van der Waals surface area contributed by atoms with Gasteiger partial charge in [-0.1, -0.05) is 0 Å². The Hall–Kier alpha value is -0.610. The fourth-order valence-corrected chi connectivity index (χ4v) is 0.881. The lowest BCUT2D eigenvalue weighted by Gasteiger charge is -2.09. The normalized spacial score (nSPS) is 19.5. The third kappa shape index (κ3) is 2.48. The van der Waals surface area contributed by atoms with E-state index in [2.05, 4.69) is 5.48 Å². The molecule has 0 aromatic carbocycles. The van der Waals surface area contributed by atoms with Crippen molar-refractivity contribution in [3.05, 3.63) is 0 Å². The van der Waals surface area contributed by atoms with Crippen molar-refractivity contribution in [2.24, 2.45) is 11.7 Å². The van der Waals surface area contributed by atoms with E-state index in [-0.39, 0.29) is 11.9 Å². The highest BCUT2D eigenvalue weighted by molar-refractivity contribution is 5.81. The van der Waals surface area contributed by atoms with Crippen LogP contribution in [0.15, 0.2) is 0 Å². The second-order valence-electron chi connectivity index (χ2n) is 2.76. The summed E-state index contributed by atoms with van der Waals surface area (Å²) in [6, 6.07) is -0.374. The van der Waals surface area contributed by atoms with Crippen molar-refractivity contribution in [1.82, 2.24) is 5.48 Å². The molecule has 4 nitrogen and oxygen atoms in total. The highest BCUT2D eigenvalue weighted by Gasteiger charge is 2.33. The first kappa shape index (κ1) is 8.49. The molecule has 3 N–H and O–H groups in total. The minimum absolute atomic E-state index is 0.200. The highest BCUT2D eigenvalue weighted by atomic mass is 16.6. The summed E-state index contributed by atoms with van der Waals surface area (Å²) in [4.78, 5) is 15.7. The first-order chi connectivity index (χ1) is 5.25. The Balaban J connectivity index is 2.16. The van der Waals surface area contributed by atoms with Crippen molar-refractivity contribution in [1.29, 1.82) is 0 Å². The summed E-state index contributed by atoms with van der Waals surface area (Å²) in [6.07, 6.45) is 2.14. The Morgan fingerprint density at radius 2 is 2.45 bits per heavy atom. The number of nitrogens with one attached hydrogen (secondary N) is 1. The van der Waals surface area contributed by atoms with Gasteiger partial charge in [0.1, 0.15) is 0 Å². The number of hydrogen-bond acceptors (Lipinski definition) is 3.